The molecule has 0 aromatic heterocycles. The molecule has 1 heterocycles. The SMILES string of the molecule is O=C1C(=O)N(Cc2ccccc2OC(F)(F)F)c2ccccc21. The second-order valence-electron chi connectivity index (χ2n) is 4.89. The lowest BCUT2D eigenvalue weighted by molar-refractivity contribution is -0.274. The highest BCUT2D eigenvalue weighted by molar-refractivity contribution is 6.52. The summed E-state index contributed by atoms with van der Waals surface area (Å²) in [5.74, 6) is -1.84. The van der Waals surface area contributed by atoms with Gasteiger partial charge < -0.3 is 9.64 Å². The largest absolute Gasteiger partial charge is 0.573 e. The van der Waals surface area contributed by atoms with E-state index in [0.717, 1.165) is 11.0 Å². The number of halogens is 3. The van der Waals surface area contributed by atoms with Gasteiger partial charge in [-0.25, -0.2) is 0 Å². The van der Waals surface area contributed by atoms with Gasteiger partial charge in [0, 0.05) is 5.56 Å². The van der Waals surface area contributed by atoms with Crippen molar-refractivity contribution in [2.75, 3.05) is 4.90 Å². The Morgan fingerprint density at radius 2 is 1.61 bits per heavy atom. The number of para-hydroxylation sites is 2. The molecule has 0 N–H and O–H groups in total. The Hall–Kier alpha value is -2.83. The molecule has 0 atom stereocenters. The van der Waals surface area contributed by atoms with Crippen LogP contribution in [0.3, 0.4) is 0 Å². The number of carbonyl (C=O) groups excluding carboxylic acids is 2. The minimum atomic E-state index is -4.83. The molecule has 4 nitrogen and oxygen atoms in total. The minimum absolute atomic E-state index is 0.155. The number of benzene rings is 2. The lowest BCUT2D eigenvalue weighted by Crippen LogP contribution is -2.29. The molecular weight excluding hydrogens is 311 g/mol. The molecule has 0 bridgehead atoms. The van der Waals surface area contributed by atoms with Gasteiger partial charge in [0.2, 0.25) is 0 Å². The molecule has 0 fully saturated rings. The van der Waals surface area contributed by atoms with Crippen LogP contribution in [0.1, 0.15) is 15.9 Å². The number of nitrogens with zero attached hydrogens (tertiary/aromatic N) is 1. The van der Waals surface area contributed by atoms with Gasteiger partial charge in [-0.2, -0.15) is 0 Å². The Morgan fingerprint density at radius 3 is 2.35 bits per heavy atom. The van der Waals surface area contributed by atoms with Gasteiger partial charge in [-0.15, -0.1) is 13.2 Å². The van der Waals surface area contributed by atoms with Crippen LogP contribution in [0.25, 0.3) is 0 Å². The fourth-order valence-corrected chi connectivity index (χ4v) is 2.43. The first kappa shape index (κ1) is 15.1. The minimum Gasteiger partial charge on any atom is -0.405 e. The molecule has 2 aromatic carbocycles. The van der Waals surface area contributed by atoms with Gasteiger partial charge in [-0.3, -0.25) is 9.59 Å². The van der Waals surface area contributed by atoms with Crippen molar-refractivity contribution < 1.29 is 27.5 Å². The van der Waals surface area contributed by atoms with Crippen LogP contribution in [-0.4, -0.2) is 18.1 Å². The van der Waals surface area contributed by atoms with Crippen LogP contribution < -0.4 is 9.64 Å². The van der Waals surface area contributed by atoms with Gasteiger partial charge in [-0.1, -0.05) is 30.3 Å². The van der Waals surface area contributed by atoms with Gasteiger partial charge in [0.25, 0.3) is 11.7 Å². The summed E-state index contributed by atoms with van der Waals surface area (Å²) in [6.07, 6.45) is -4.83. The highest BCUT2D eigenvalue weighted by Gasteiger charge is 2.37. The normalized spacial score (nSPS) is 14.1. The fourth-order valence-electron chi connectivity index (χ4n) is 2.43. The molecule has 2 aromatic rings. The topological polar surface area (TPSA) is 46.6 Å². The molecular formula is C16H10F3NO3. The predicted molar refractivity (Wildman–Crippen MR) is 75.1 cm³/mol. The maximum absolute atomic E-state index is 12.5. The summed E-state index contributed by atoms with van der Waals surface area (Å²) in [4.78, 5) is 25.1. The van der Waals surface area contributed by atoms with Gasteiger partial charge in [0.15, 0.2) is 0 Å². The summed E-state index contributed by atoms with van der Waals surface area (Å²) in [5.41, 5.74) is 0.777. The number of ether oxygens (including phenoxy) is 1. The van der Waals surface area contributed by atoms with Crippen molar-refractivity contribution in [2.24, 2.45) is 0 Å². The first-order valence-electron chi connectivity index (χ1n) is 6.66. The fraction of sp³-hybridized carbons (Fsp3) is 0.125. The molecule has 118 valence electrons. The van der Waals surface area contributed by atoms with E-state index in [9.17, 15) is 22.8 Å². The smallest absolute Gasteiger partial charge is 0.405 e. The highest BCUT2D eigenvalue weighted by Crippen LogP contribution is 2.33. The molecule has 23 heavy (non-hydrogen) atoms. The van der Waals surface area contributed by atoms with Crippen molar-refractivity contribution in [1.29, 1.82) is 0 Å². The second-order valence-corrected chi connectivity index (χ2v) is 4.89. The number of hydrogen-bond donors (Lipinski definition) is 0. The van der Waals surface area contributed by atoms with Crippen molar-refractivity contribution >= 4 is 17.4 Å². The number of hydrogen-bond acceptors (Lipinski definition) is 3. The number of amides is 1. The van der Waals surface area contributed by atoms with Crippen molar-refractivity contribution in [1.82, 2.24) is 0 Å². The van der Waals surface area contributed by atoms with Crippen molar-refractivity contribution in [3.05, 3.63) is 59.7 Å². The van der Waals surface area contributed by atoms with Crippen LogP contribution in [0.4, 0.5) is 18.9 Å². The number of ketones is 1. The van der Waals surface area contributed by atoms with Crippen LogP contribution in [0.5, 0.6) is 5.75 Å². The number of rotatable bonds is 3. The predicted octanol–water partition coefficient (Wildman–Crippen LogP) is 3.31. The van der Waals surface area contributed by atoms with Gasteiger partial charge in [-0.05, 0) is 18.2 Å². The number of anilines is 1. The monoisotopic (exact) mass is 321 g/mol. The lowest BCUT2D eigenvalue weighted by atomic mass is 10.1. The van der Waals surface area contributed by atoms with Gasteiger partial charge >= 0.3 is 6.36 Å². The van der Waals surface area contributed by atoms with Crippen LogP contribution in [0.15, 0.2) is 48.5 Å². The quantitative estimate of drug-likeness (QED) is 0.815. The summed E-state index contributed by atoms with van der Waals surface area (Å²) in [6.45, 7) is -0.187. The number of Topliss-reactive ketones (excluding diaryl/α,β-unsaturated/α-hetero) is 1. The third-order valence-corrected chi connectivity index (χ3v) is 3.41. The Kier molecular flexibility index (Phi) is 3.55. The van der Waals surface area contributed by atoms with E-state index in [2.05, 4.69) is 4.74 Å². The van der Waals surface area contributed by atoms with E-state index in [1.807, 2.05) is 0 Å². The van der Waals surface area contributed by atoms with Crippen LogP contribution in [0.2, 0.25) is 0 Å². The molecule has 1 aliphatic rings. The van der Waals surface area contributed by atoms with E-state index in [1.165, 1.54) is 24.3 Å². The first-order chi connectivity index (χ1) is 10.9. The summed E-state index contributed by atoms with van der Waals surface area (Å²) in [5, 5.41) is 0. The lowest BCUT2D eigenvalue weighted by Gasteiger charge is -2.19. The zero-order valence-corrected chi connectivity index (χ0v) is 11.6. The summed E-state index contributed by atoms with van der Waals surface area (Å²) in [6, 6.07) is 11.9. The summed E-state index contributed by atoms with van der Waals surface area (Å²) in [7, 11) is 0. The van der Waals surface area contributed by atoms with E-state index in [0.29, 0.717) is 5.69 Å². The summed E-state index contributed by atoms with van der Waals surface area (Å²) < 4.78 is 41.3. The molecule has 0 spiro atoms. The van der Waals surface area contributed by atoms with E-state index < -0.39 is 23.8 Å². The maximum Gasteiger partial charge on any atom is 0.573 e. The van der Waals surface area contributed by atoms with E-state index >= 15 is 0 Å². The standard InChI is InChI=1S/C16H10F3NO3/c17-16(18,19)23-13-8-4-1-5-10(13)9-20-12-7-3-2-6-11(12)14(21)15(20)22/h1-8H,9H2. The van der Waals surface area contributed by atoms with Crippen LogP contribution >= 0.6 is 0 Å². The molecule has 7 heteroatoms. The molecule has 3 rings (SSSR count). The zero-order chi connectivity index (χ0) is 16.6. The maximum atomic E-state index is 12.5. The van der Waals surface area contributed by atoms with Crippen LogP contribution in [0, 0.1) is 0 Å². The molecule has 0 unspecified atom stereocenters. The zero-order valence-electron chi connectivity index (χ0n) is 11.6. The number of carbonyl (C=O) groups is 2. The van der Waals surface area contributed by atoms with Gasteiger partial charge in [0.05, 0.1) is 17.8 Å². The Balaban J connectivity index is 1.94. The molecule has 0 radical (unpaired) electrons. The third kappa shape index (κ3) is 2.90. The van der Waals surface area contributed by atoms with Crippen LogP contribution in [-0.2, 0) is 11.3 Å². The average Bonchev–Trinajstić information content (AvgIpc) is 2.73. The van der Waals surface area contributed by atoms with Gasteiger partial charge in [0.1, 0.15) is 5.75 Å². The van der Waals surface area contributed by atoms with E-state index in [-0.39, 0.29) is 17.7 Å². The highest BCUT2D eigenvalue weighted by atomic mass is 19.4. The van der Waals surface area contributed by atoms with Crippen molar-refractivity contribution in [3.63, 3.8) is 0 Å². The molecule has 0 saturated carbocycles. The van der Waals surface area contributed by atoms with Crippen molar-refractivity contribution in [2.45, 2.75) is 12.9 Å². The average molecular weight is 321 g/mol. The molecule has 1 aliphatic heterocycles. The Bertz CT molecular complexity index is 786. The van der Waals surface area contributed by atoms with E-state index in [4.69, 9.17) is 0 Å². The van der Waals surface area contributed by atoms with E-state index in [1.54, 1.807) is 18.2 Å². The molecule has 0 saturated heterocycles. The third-order valence-electron chi connectivity index (χ3n) is 3.41. The second kappa shape index (κ2) is 5.42. The Morgan fingerprint density at radius 1 is 0.957 bits per heavy atom. The molecule has 0 aliphatic carbocycles. The first-order valence-corrected chi connectivity index (χ1v) is 6.66. The Labute approximate surface area is 129 Å². The molecule has 1 amide bonds. The number of fused-ring (bicyclic) bond motifs is 1. The van der Waals surface area contributed by atoms with Crippen molar-refractivity contribution in [3.8, 4) is 5.75 Å². The summed E-state index contributed by atoms with van der Waals surface area (Å²) >= 11 is 0. The number of alkyl halides is 3.